The molecule has 0 spiro atoms. The molecule has 2 unspecified atom stereocenters. The first-order chi connectivity index (χ1) is 19.4. The van der Waals surface area contributed by atoms with Crippen molar-refractivity contribution in [3.63, 3.8) is 0 Å². The predicted molar refractivity (Wildman–Crippen MR) is 171 cm³/mol. The summed E-state index contributed by atoms with van der Waals surface area (Å²) in [5.41, 5.74) is -0.550. The van der Waals surface area contributed by atoms with Crippen LogP contribution < -0.4 is 4.72 Å². The van der Waals surface area contributed by atoms with Gasteiger partial charge in [0.15, 0.2) is 8.32 Å². The molecule has 218 valence electrons. The minimum atomic E-state index is -4.11. The average molecular weight is 590 g/mol. The molecule has 0 aliphatic carbocycles. The summed E-state index contributed by atoms with van der Waals surface area (Å²) in [5.74, 6) is 0. The minimum absolute atomic E-state index is 0.0958. The summed E-state index contributed by atoms with van der Waals surface area (Å²) in [4.78, 5) is 0.168. The van der Waals surface area contributed by atoms with Crippen LogP contribution in [-0.2, 0) is 20.1 Å². The fourth-order valence-electron chi connectivity index (χ4n) is 6.17. The topological polar surface area (TPSA) is 75.6 Å². The smallest absolute Gasteiger partial charge is 0.241 e. The van der Waals surface area contributed by atoms with Gasteiger partial charge in [-0.05, 0) is 46.6 Å². The highest BCUT2D eigenvalue weighted by atomic mass is 32.2. The Morgan fingerprint density at radius 2 is 1.27 bits per heavy atom. The van der Waals surface area contributed by atoms with Gasteiger partial charge in [-0.2, -0.15) is 0 Å². The summed E-state index contributed by atoms with van der Waals surface area (Å²) in [5, 5.41) is 14.2. The van der Waals surface area contributed by atoms with Crippen LogP contribution in [-0.4, -0.2) is 34.0 Å². The molecule has 5 nitrogen and oxygen atoms in total. The van der Waals surface area contributed by atoms with Crippen LogP contribution in [0, 0.1) is 0 Å². The molecule has 0 amide bonds. The first kappa shape index (κ1) is 31.1. The number of rotatable bonds is 11. The van der Waals surface area contributed by atoms with Crippen LogP contribution in [0.2, 0.25) is 17.1 Å². The number of hydrogen-bond acceptors (Lipinski definition) is 4. The normalized spacial score (nSPS) is 14.6. The zero-order valence-corrected chi connectivity index (χ0v) is 26.8. The van der Waals surface area contributed by atoms with Gasteiger partial charge >= 0.3 is 0 Å². The maximum Gasteiger partial charge on any atom is 0.241 e. The molecule has 0 fully saturated rings. The van der Waals surface area contributed by atoms with Crippen molar-refractivity contribution >= 4 is 29.1 Å². The SMILES string of the molecule is CC[Si](CC)(OC(C)C(NS(=O)(=O)c1cccc2ccccc12)C(O)(c1ccccc1)c1ccccc1)C(C)(C)C. The van der Waals surface area contributed by atoms with Crippen molar-refractivity contribution in [1.82, 2.24) is 4.72 Å². The predicted octanol–water partition coefficient (Wildman–Crippen LogP) is 7.61. The first-order valence-corrected chi connectivity index (χ1v) is 18.2. The fourth-order valence-corrected chi connectivity index (χ4v) is 11.9. The van der Waals surface area contributed by atoms with Crippen molar-refractivity contribution < 1.29 is 18.0 Å². The van der Waals surface area contributed by atoms with E-state index in [2.05, 4.69) is 39.3 Å². The molecule has 4 aromatic carbocycles. The Morgan fingerprint density at radius 1 is 0.780 bits per heavy atom. The Bertz CT molecular complexity index is 1500. The highest BCUT2D eigenvalue weighted by Gasteiger charge is 2.50. The van der Waals surface area contributed by atoms with E-state index in [-0.39, 0.29) is 9.93 Å². The average Bonchev–Trinajstić information content (AvgIpc) is 2.98. The van der Waals surface area contributed by atoms with E-state index in [1.807, 2.05) is 97.9 Å². The number of hydrogen-bond donors (Lipinski definition) is 2. The molecule has 41 heavy (non-hydrogen) atoms. The number of fused-ring (bicyclic) bond motifs is 1. The van der Waals surface area contributed by atoms with Crippen molar-refractivity contribution in [1.29, 1.82) is 0 Å². The van der Waals surface area contributed by atoms with E-state index in [0.717, 1.165) is 17.5 Å². The van der Waals surface area contributed by atoms with Crippen LogP contribution >= 0.6 is 0 Å². The Labute approximate surface area is 246 Å². The number of aliphatic hydroxyl groups is 1. The Morgan fingerprint density at radius 3 is 1.78 bits per heavy atom. The van der Waals surface area contributed by atoms with Crippen LogP contribution in [0.25, 0.3) is 10.8 Å². The second-order valence-corrected chi connectivity index (χ2v) is 18.7. The minimum Gasteiger partial charge on any atom is -0.412 e. The van der Waals surface area contributed by atoms with Crippen molar-refractivity contribution in [3.8, 4) is 0 Å². The summed E-state index contributed by atoms with van der Waals surface area (Å²) in [6.07, 6.45) is -0.657. The third-order valence-electron chi connectivity index (χ3n) is 8.59. The van der Waals surface area contributed by atoms with Gasteiger partial charge < -0.3 is 9.53 Å². The molecule has 0 saturated carbocycles. The molecule has 0 saturated heterocycles. The van der Waals surface area contributed by atoms with E-state index in [1.54, 1.807) is 12.1 Å². The molecule has 4 aromatic rings. The zero-order valence-electron chi connectivity index (χ0n) is 25.0. The van der Waals surface area contributed by atoms with E-state index in [0.29, 0.717) is 16.5 Å². The van der Waals surface area contributed by atoms with E-state index in [4.69, 9.17) is 4.43 Å². The van der Waals surface area contributed by atoms with Crippen LogP contribution in [0.15, 0.2) is 108 Å². The summed E-state index contributed by atoms with van der Waals surface area (Å²) < 4.78 is 38.7. The maximum absolute atomic E-state index is 14.3. The van der Waals surface area contributed by atoms with E-state index < -0.39 is 36.1 Å². The van der Waals surface area contributed by atoms with Crippen LogP contribution in [0.4, 0.5) is 0 Å². The molecule has 0 aliphatic heterocycles. The molecule has 0 aromatic heterocycles. The molecule has 0 bridgehead atoms. The van der Waals surface area contributed by atoms with Crippen LogP contribution in [0.1, 0.15) is 52.7 Å². The van der Waals surface area contributed by atoms with Crippen molar-refractivity contribution in [2.24, 2.45) is 0 Å². The van der Waals surface area contributed by atoms with Crippen LogP contribution in [0.3, 0.4) is 0 Å². The highest BCUT2D eigenvalue weighted by molar-refractivity contribution is 7.89. The molecule has 2 atom stereocenters. The largest absolute Gasteiger partial charge is 0.412 e. The van der Waals surface area contributed by atoms with E-state index >= 15 is 0 Å². The van der Waals surface area contributed by atoms with Gasteiger partial charge in [0.2, 0.25) is 10.0 Å². The van der Waals surface area contributed by atoms with Crippen molar-refractivity contribution in [3.05, 3.63) is 114 Å². The lowest BCUT2D eigenvalue weighted by Gasteiger charge is -2.47. The van der Waals surface area contributed by atoms with Gasteiger partial charge in [-0.1, -0.05) is 132 Å². The lowest BCUT2D eigenvalue weighted by Crippen LogP contribution is -2.60. The molecular weight excluding hydrogens is 547 g/mol. The van der Waals surface area contributed by atoms with Crippen LogP contribution in [0.5, 0.6) is 0 Å². The molecule has 0 aliphatic rings. The first-order valence-electron chi connectivity index (χ1n) is 14.4. The van der Waals surface area contributed by atoms with Gasteiger partial charge in [-0.25, -0.2) is 13.1 Å². The van der Waals surface area contributed by atoms with Crippen molar-refractivity contribution in [2.75, 3.05) is 0 Å². The Hall–Kier alpha value is -2.81. The molecule has 4 rings (SSSR count). The lowest BCUT2D eigenvalue weighted by molar-refractivity contribution is -0.00353. The molecule has 7 heteroatoms. The summed E-state index contributed by atoms with van der Waals surface area (Å²) in [6.45, 7) is 12.8. The summed E-state index contributed by atoms with van der Waals surface area (Å²) >= 11 is 0. The molecular formula is C34H43NO4SSi. The third kappa shape index (κ3) is 6.06. The van der Waals surface area contributed by atoms with Crippen molar-refractivity contribution in [2.45, 2.75) is 81.3 Å². The highest BCUT2D eigenvalue weighted by Crippen LogP contribution is 2.45. The molecule has 0 heterocycles. The monoisotopic (exact) mass is 589 g/mol. The summed E-state index contributed by atoms with van der Waals surface area (Å²) in [6, 6.07) is 32.0. The maximum atomic E-state index is 14.3. The fraction of sp³-hybridized carbons (Fsp3) is 0.353. The number of nitrogens with one attached hydrogen (secondary N) is 1. The second-order valence-electron chi connectivity index (χ2n) is 11.8. The quantitative estimate of drug-likeness (QED) is 0.177. The Balaban J connectivity index is 1.94. The van der Waals surface area contributed by atoms with Gasteiger partial charge in [0.1, 0.15) is 5.60 Å². The standard InChI is InChI=1S/C34H43NO4SSi/c1-7-41(8-2,33(4,5)6)39-26(3)32(34(36,28-20-11-9-12-21-28)29-22-13-10-14-23-29)35-40(37,38)31-25-17-19-27-18-15-16-24-30(27)31/h9-26,32,35-36H,7-8H2,1-6H3. The van der Waals surface area contributed by atoms with Gasteiger partial charge in [-0.15, -0.1) is 0 Å². The van der Waals surface area contributed by atoms with Gasteiger partial charge in [0.05, 0.1) is 17.0 Å². The van der Waals surface area contributed by atoms with E-state index in [9.17, 15) is 13.5 Å². The molecule has 2 N–H and O–H groups in total. The summed E-state index contributed by atoms with van der Waals surface area (Å²) in [7, 11) is -6.51. The number of sulfonamides is 1. The Kier molecular flexibility index (Phi) is 9.26. The van der Waals surface area contributed by atoms with Gasteiger partial charge in [-0.3, -0.25) is 0 Å². The second kappa shape index (κ2) is 12.2. The van der Waals surface area contributed by atoms with Gasteiger partial charge in [0, 0.05) is 5.39 Å². The zero-order chi connectivity index (χ0) is 29.9. The number of benzene rings is 4. The molecule has 0 radical (unpaired) electrons. The third-order valence-corrected chi connectivity index (χ3v) is 15.9. The lowest BCUT2D eigenvalue weighted by atomic mass is 9.78. The van der Waals surface area contributed by atoms with E-state index in [1.165, 1.54) is 0 Å². The van der Waals surface area contributed by atoms with Gasteiger partial charge in [0.25, 0.3) is 0 Å².